The molecule has 7 nitrogen and oxygen atoms in total. The molecule has 2 aromatic heterocycles. The summed E-state index contributed by atoms with van der Waals surface area (Å²) in [6.45, 7) is 4.30. The monoisotopic (exact) mass is 380 g/mol. The minimum absolute atomic E-state index is 0.182. The van der Waals surface area contributed by atoms with Gasteiger partial charge in [0.25, 0.3) is 0 Å². The van der Waals surface area contributed by atoms with Gasteiger partial charge < -0.3 is 10.1 Å². The Hall–Kier alpha value is -1.87. The van der Waals surface area contributed by atoms with Crippen molar-refractivity contribution < 1.29 is 14.3 Å². The maximum Gasteiger partial charge on any atom is 0.341 e. The molecule has 2 heterocycles. The zero-order valence-electron chi connectivity index (χ0n) is 14.1. The summed E-state index contributed by atoms with van der Waals surface area (Å²) in [5, 5.41) is 10.5. The van der Waals surface area contributed by atoms with Gasteiger partial charge in [0.2, 0.25) is 5.91 Å². The van der Waals surface area contributed by atoms with Gasteiger partial charge in [0.1, 0.15) is 11.3 Å². The van der Waals surface area contributed by atoms with Crippen molar-refractivity contribution in [3.8, 4) is 0 Å². The molecule has 3 rings (SSSR count). The van der Waals surface area contributed by atoms with E-state index in [1.807, 2.05) is 0 Å². The van der Waals surface area contributed by atoms with Crippen molar-refractivity contribution in [1.29, 1.82) is 0 Å². The van der Waals surface area contributed by atoms with Crippen molar-refractivity contribution in [2.45, 2.75) is 38.3 Å². The fraction of sp³-hybridized carbons (Fsp3) is 0.500. The molecule has 0 fully saturated rings. The summed E-state index contributed by atoms with van der Waals surface area (Å²) < 4.78 is 5.21. The summed E-state index contributed by atoms with van der Waals surface area (Å²) in [6.07, 6.45) is 4.23. The van der Waals surface area contributed by atoms with Crippen LogP contribution in [-0.2, 0) is 22.4 Å². The van der Waals surface area contributed by atoms with Crippen LogP contribution < -0.4 is 5.32 Å². The normalized spacial score (nSPS) is 16.3. The zero-order valence-corrected chi connectivity index (χ0v) is 15.8. The summed E-state index contributed by atoms with van der Waals surface area (Å²) in [5.41, 5.74) is 1.58. The lowest BCUT2D eigenvalue weighted by atomic mass is 9.88. The molecule has 1 unspecified atom stereocenters. The number of hydrogen-bond acceptors (Lipinski definition) is 7. The number of rotatable bonds is 6. The molecule has 0 radical (unpaired) electrons. The number of aromatic amines is 1. The lowest BCUT2D eigenvalue weighted by Crippen LogP contribution is -2.17. The molecular weight excluding hydrogens is 360 g/mol. The van der Waals surface area contributed by atoms with Gasteiger partial charge in [-0.25, -0.2) is 9.78 Å². The van der Waals surface area contributed by atoms with Crippen LogP contribution in [0.5, 0.6) is 0 Å². The largest absolute Gasteiger partial charge is 0.462 e. The number of thiophene rings is 1. The Kier molecular flexibility index (Phi) is 5.74. The third-order valence-corrected chi connectivity index (χ3v) is 6.02. The summed E-state index contributed by atoms with van der Waals surface area (Å²) in [7, 11) is 0. The van der Waals surface area contributed by atoms with Crippen molar-refractivity contribution in [3.05, 3.63) is 22.3 Å². The molecule has 0 saturated heterocycles. The lowest BCUT2D eigenvalue weighted by Gasteiger charge is -2.18. The number of H-pyrrole nitrogens is 1. The Labute approximate surface area is 153 Å². The van der Waals surface area contributed by atoms with Crippen molar-refractivity contribution in [2.24, 2.45) is 5.92 Å². The first-order chi connectivity index (χ1) is 12.1. The first-order valence-electron chi connectivity index (χ1n) is 8.18. The lowest BCUT2D eigenvalue weighted by molar-refractivity contribution is -0.113. The Morgan fingerprint density at radius 2 is 2.36 bits per heavy atom. The third kappa shape index (κ3) is 4.21. The van der Waals surface area contributed by atoms with Gasteiger partial charge in [-0.05, 0) is 37.7 Å². The fourth-order valence-electron chi connectivity index (χ4n) is 2.82. The van der Waals surface area contributed by atoms with Gasteiger partial charge >= 0.3 is 5.97 Å². The molecule has 1 amide bonds. The minimum Gasteiger partial charge on any atom is -0.462 e. The number of anilines is 1. The van der Waals surface area contributed by atoms with Gasteiger partial charge in [-0.3, -0.25) is 9.89 Å². The number of fused-ring (bicyclic) bond motifs is 1. The molecule has 0 bridgehead atoms. The van der Waals surface area contributed by atoms with Crippen molar-refractivity contribution in [2.75, 3.05) is 17.7 Å². The number of nitrogens with one attached hydrogen (secondary N) is 2. The molecule has 1 aliphatic carbocycles. The maximum absolute atomic E-state index is 12.4. The molecule has 0 aliphatic heterocycles. The molecule has 0 aromatic carbocycles. The average molecular weight is 380 g/mol. The number of carbonyl (C=O) groups excluding carboxylic acids is 2. The van der Waals surface area contributed by atoms with Crippen molar-refractivity contribution >= 4 is 40.0 Å². The number of ether oxygens (including phenoxy) is 1. The predicted molar refractivity (Wildman–Crippen MR) is 97.2 cm³/mol. The van der Waals surface area contributed by atoms with Crippen LogP contribution in [0.25, 0.3) is 0 Å². The highest BCUT2D eigenvalue weighted by Crippen LogP contribution is 2.40. The molecule has 9 heteroatoms. The van der Waals surface area contributed by atoms with Crippen LogP contribution in [0.15, 0.2) is 11.5 Å². The van der Waals surface area contributed by atoms with Gasteiger partial charge in [0.15, 0.2) is 5.16 Å². The number of esters is 1. The average Bonchev–Trinajstić information content (AvgIpc) is 3.19. The van der Waals surface area contributed by atoms with Crippen LogP contribution in [0.2, 0.25) is 0 Å². The van der Waals surface area contributed by atoms with Gasteiger partial charge in [0.05, 0.1) is 17.9 Å². The summed E-state index contributed by atoms with van der Waals surface area (Å²) >= 11 is 2.76. The second-order valence-electron chi connectivity index (χ2n) is 5.90. The molecule has 134 valence electrons. The van der Waals surface area contributed by atoms with E-state index in [0.29, 0.717) is 28.2 Å². The molecular formula is C16H20N4O3S2. The minimum atomic E-state index is -0.354. The SMILES string of the molecule is CCOC(=O)c1c(NC(=O)CSc2ncn[nH]2)sc2c1CCC(C)C2. The van der Waals surface area contributed by atoms with Gasteiger partial charge in [-0.15, -0.1) is 11.3 Å². The Balaban J connectivity index is 1.77. The number of carbonyl (C=O) groups is 2. The van der Waals surface area contributed by atoms with E-state index in [-0.39, 0.29) is 17.6 Å². The highest BCUT2D eigenvalue weighted by Gasteiger charge is 2.29. The summed E-state index contributed by atoms with van der Waals surface area (Å²) in [6, 6.07) is 0. The third-order valence-electron chi connectivity index (χ3n) is 3.98. The molecule has 1 atom stereocenters. The van der Waals surface area contributed by atoms with Crippen LogP contribution in [0.3, 0.4) is 0 Å². The van der Waals surface area contributed by atoms with Gasteiger partial charge in [-0.1, -0.05) is 18.7 Å². The topological polar surface area (TPSA) is 97.0 Å². The van der Waals surface area contributed by atoms with E-state index in [0.717, 1.165) is 24.8 Å². The van der Waals surface area contributed by atoms with Crippen LogP contribution in [0, 0.1) is 5.92 Å². The molecule has 0 saturated carbocycles. The molecule has 2 N–H and O–H groups in total. The van der Waals surface area contributed by atoms with E-state index in [9.17, 15) is 9.59 Å². The quantitative estimate of drug-likeness (QED) is 0.591. The van der Waals surface area contributed by atoms with E-state index >= 15 is 0 Å². The Morgan fingerprint density at radius 1 is 1.52 bits per heavy atom. The second-order valence-corrected chi connectivity index (χ2v) is 7.97. The summed E-state index contributed by atoms with van der Waals surface area (Å²) in [4.78, 5) is 29.8. The number of aromatic nitrogens is 3. The van der Waals surface area contributed by atoms with Crippen molar-refractivity contribution in [3.63, 3.8) is 0 Å². The van der Waals surface area contributed by atoms with Crippen LogP contribution in [0.4, 0.5) is 5.00 Å². The first-order valence-corrected chi connectivity index (χ1v) is 9.98. The number of amides is 1. The molecule has 25 heavy (non-hydrogen) atoms. The van der Waals surface area contributed by atoms with Crippen LogP contribution in [-0.4, -0.2) is 39.4 Å². The summed E-state index contributed by atoms with van der Waals surface area (Å²) in [5.74, 6) is 0.245. The van der Waals surface area contributed by atoms with E-state index in [4.69, 9.17) is 4.74 Å². The molecule has 1 aliphatic rings. The first kappa shape index (κ1) is 17.9. The van der Waals surface area contributed by atoms with Crippen LogP contribution >= 0.6 is 23.1 Å². The highest BCUT2D eigenvalue weighted by molar-refractivity contribution is 7.99. The van der Waals surface area contributed by atoms with E-state index in [1.54, 1.807) is 6.92 Å². The van der Waals surface area contributed by atoms with Crippen molar-refractivity contribution in [1.82, 2.24) is 15.2 Å². The van der Waals surface area contributed by atoms with E-state index in [1.165, 1.54) is 34.3 Å². The second kappa shape index (κ2) is 8.01. The molecule has 0 spiro atoms. The van der Waals surface area contributed by atoms with E-state index in [2.05, 4.69) is 27.4 Å². The Bertz CT molecular complexity index is 758. The standard InChI is InChI=1S/C16H20N4O3S2/c1-3-23-15(22)13-10-5-4-9(2)6-11(10)25-14(13)19-12(21)7-24-16-17-8-18-20-16/h8-9H,3-7H2,1-2H3,(H,19,21)(H,17,18,20). The number of thioether (sulfide) groups is 1. The zero-order chi connectivity index (χ0) is 17.8. The molecule has 2 aromatic rings. The smallest absolute Gasteiger partial charge is 0.341 e. The van der Waals surface area contributed by atoms with E-state index < -0.39 is 0 Å². The van der Waals surface area contributed by atoms with Crippen LogP contribution in [0.1, 0.15) is 41.1 Å². The number of nitrogens with zero attached hydrogens (tertiary/aromatic N) is 2. The van der Waals surface area contributed by atoms with Gasteiger partial charge in [-0.2, -0.15) is 5.10 Å². The van der Waals surface area contributed by atoms with Gasteiger partial charge in [0, 0.05) is 4.88 Å². The highest BCUT2D eigenvalue weighted by atomic mass is 32.2. The fourth-order valence-corrected chi connectivity index (χ4v) is 4.81. The maximum atomic E-state index is 12.4. The predicted octanol–water partition coefficient (Wildman–Crippen LogP) is 2.90. The Morgan fingerprint density at radius 3 is 3.08 bits per heavy atom. The number of hydrogen-bond donors (Lipinski definition) is 2.